The third-order valence-corrected chi connectivity index (χ3v) is 1.81. The molecule has 0 amide bonds. The number of thiocarbonyl (C=S) groups is 1. The molecular weight excluding hydrogens is 230 g/mol. The number of nitrogens with zero attached hydrogens (tertiary/aromatic N) is 5. The van der Waals surface area contributed by atoms with Gasteiger partial charge in [-0.05, 0) is 12.2 Å². The monoisotopic (exact) mass is 237 g/mol. The van der Waals surface area contributed by atoms with Crippen LogP contribution >= 0.6 is 12.2 Å². The van der Waals surface area contributed by atoms with Crippen LogP contribution in [0.1, 0.15) is 5.69 Å². The smallest absolute Gasteiger partial charge is 0.184 e. The summed E-state index contributed by atoms with van der Waals surface area (Å²) < 4.78 is 0.780. The number of nitrogens with two attached hydrogens (primary N) is 1. The predicted molar refractivity (Wildman–Crippen MR) is 59.1 cm³/mol. The lowest BCUT2D eigenvalue weighted by atomic mass is 10.3. The van der Waals surface area contributed by atoms with Gasteiger partial charge in [-0.3, -0.25) is 5.43 Å². The molecule has 2 rings (SSSR count). The lowest BCUT2D eigenvalue weighted by Gasteiger charge is -2.04. The topological polar surface area (TPSA) is 114 Å². The van der Waals surface area contributed by atoms with Crippen molar-refractivity contribution >= 4 is 23.5 Å². The Balaban J connectivity index is 2.36. The average Bonchev–Trinajstić information content (AvgIpc) is 2.69. The fraction of sp³-hybridized carbons (Fsp3) is 0. The molecule has 0 saturated carbocycles. The number of imidazole rings is 1. The molecular formula is C7H7N7OS. The fourth-order valence-electron chi connectivity index (χ4n) is 1.09. The first-order chi connectivity index (χ1) is 7.68. The van der Waals surface area contributed by atoms with Crippen molar-refractivity contribution in [2.24, 2.45) is 10.8 Å². The zero-order valence-corrected chi connectivity index (χ0v) is 8.72. The number of hydrogen-bond donors (Lipinski definition) is 3. The Morgan fingerprint density at radius 2 is 2.38 bits per heavy atom. The highest BCUT2D eigenvalue weighted by atomic mass is 32.1. The van der Waals surface area contributed by atoms with Crippen LogP contribution in [0.5, 0.6) is 0 Å². The summed E-state index contributed by atoms with van der Waals surface area (Å²) in [6, 6.07) is 0. The van der Waals surface area contributed by atoms with E-state index in [0.717, 1.165) is 4.73 Å². The lowest BCUT2D eigenvalue weighted by Crippen LogP contribution is -2.24. The summed E-state index contributed by atoms with van der Waals surface area (Å²) in [7, 11) is 0. The SMILES string of the molecule is NC(=S)N/N=C\c1c2ncnc-2ncn1O. The van der Waals surface area contributed by atoms with Gasteiger partial charge in [0.15, 0.2) is 10.9 Å². The summed E-state index contributed by atoms with van der Waals surface area (Å²) in [4.78, 5) is 11.7. The van der Waals surface area contributed by atoms with E-state index in [4.69, 9.17) is 5.73 Å². The number of hydrazone groups is 1. The maximum Gasteiger partial charge on any atom is 0.184 e. The first kappa shape index (κ1) is 10.2. The highest BCUT2D eigenvalue weighted by Gasteiger charge is 2.14. The maximum atomic E-state index is 9.50. The molecule has 9 heteroatoms. The van der Waals surface area contributed by atoms with E-state index in [-0.39, 0.29) is 5.11 Å². The molecule has 0 aromatic carbocycles. The van der Waals surface area contributed by atoms with Gasteiger partial charge in [0, 0.05) is 0 Å². The van der Waals surface area contributed by atoms with Crippen LogP contribution in [0.2, 0.25) is 0 Å². The van der Waals surface area contributed by atoms with Crippen molar-refractivity contribution < 1.29 is 5.21 Å². The Kier molecular flexibility index (Phi) is 2.60. The number of hydrogen-bond acceptors (Lipinski definition) is 6. The molecule has 0 aromatic heterocycles. The van der Waals surface area contributed by atoms with E-state index < -0.39 is 0 Å². The molecule has 16 heavy (non-hydrogen) atoms. The van der Waals surface area contributed by atoms with Crippen LogP contribution in [0.15, 0.2) is 17.8 Å². The maximum absolute atomic E-state index is 9.50. The molecule has 8 nitrogen and oxygen atoms in total. The number of nitrogens with one attached hydrogen (secondary N) is 1. The Bertz CT molecular complexity index is 522. The van der Waals surface area contributed by atoms with E-state index >= 15 is 0 Å². The largest absolute Gasteiger partial charge is 0.427 e. The quantitative estimate of drug-likeness (QED) is 0.270. The highest BCUT2D eigenvalue weighted by molar-refractivity contribution is 7.80. The molecule has 0 fully saturated rings. The normalized spacial score (nSPS) is 11.0. The second-order valence-electron chi connectivity index (χ2n) is 2.75. The zero-order chi connectivity index (χ0) is 11.5. The first-order valence-electron chi connectivity index (χ1n) is 4.14. The van der Waals surface area contributed by atoms with E-state index in [1.54, 1.807) is 0 Å². The molecule has 0 bridgehead atoms. The van der Waals surface area contributed by atoms with Gasteiger partial charge in [-0.1, -0.05) is 0 Å². The second-order valence-corrected chi connectivity index (χ2v) is 3.19. The van der Waals surface area contributed by atoms with Crippen molar-refractivity contribution in [1.29, 1.82) is 0 Å². The molecule has 0 saturated heterocycles. The summed E-state index contributed by atoms with van der Waals surface area (Å²) in [6.45, 7) is 0. The summed E-state index contributed by atoms with van der Waals surface area (Å²) in [5.41, 5.74) is 8.30. The lowest BCUT2D eigenvalue weighted by molar-refractivity contribution is 0.179. The molecule has 4 N–H and O–H groups in total. The van der Waals surface area contributed by atoms with Crippen LogP contribution in [0, 0.1) is 0 Å². The predicted octanol–water partition coefficient (Wildman–Crippen LogP) is -0.818. The van der Waals surface area contributed by atoms with Crippen LogP contribution in [-0.4, -0.2) is 36.2 Å². The van der Waals surface area contributed by atoms with Gasteiger partial charge in [0.1, 0.15) is 24.0 Å². The molecule has 0 spiro atoms. The standard InChI is InChI=1S/C7H7N7OS/c8-7(16)13-12-1-4-5-6(10-2-9-5)11-3-14(4)15/h1-3,15H,(H3,8,13,16)/b12-1-. The summed E-state index contributed by atoms with van der Waals surface area (Å²) >= 11 is 4.57. The summed E-state index contributed by atoms with van der Waals surface area (Å²) in [5, 5.41) is 13.2. The third-order valence-electron chi connectivity index (χ3n) is 1.72. The minimum Gasteiger partial charge on any atom is -0.427 e. The molecule has 2 heterocycles. The van der Waals surface area contributed by atoms with Gasteiger partial charge in [-0.15, -0.1) is 0 Å². The molecule has 0 aromatic rings. The number of rotatable bonds is 2. The van der Waals surface area contributed by atoms with E-state index in [1.165, 1.54) is 18.9 Å². The van der Waals surface area contributed by atoms with Gasteiger partial charge in [0.2, 0.25) is 0 Å². The summed E-state index contributed by atoms with van der Waals surface area (Å²) in [6.07, 6.45) is 3.85. The average molecular weight is 237 g/mol. The Morgan fingerprint density at radius 3 is 3.12 bits per heavy atom. The van der Waals surface area contributed by atoms with E-state index in [0.29, 0.717) is 17.2 Å². The Morgan fingerprint density at radius 1 is 1.56 bits per heavy atom. The van der Waals surface area contributed by atoms with Gasteiger partial charge in [-0.2, -0.15) is 9.83 Å². The first-order valence-corrected chi connectivity index (χ1v) is 4.55. The van der Waals surface area contributed by atoms with Crippen LogP contribution < -0.4 is 11.2 Å². The van der Waals surface area contributed by atoms with Crippen molar-refractivity contribution in [3.8, 4) is 11.5 Å². The Hall–Kier alpha value is -2.29. The van der Waals surface area contributed by atoms with Crippen LogP contribution in [0.25, 0.3) is 11.5 Å². The van der Waals surface area contributed by atoms with Gasteiger partial charge in [0.25, 0.3) is 0 Å². The number of aromatic nitrogens is 4. The third kappa shape index (κ3) is 1.88. The summed E-state index contributed by atoms with van der Waals surface area (Å²) in [5.74, 6) is 0.419. The minimum atomic E-state index is 0.0274. The van der Waals surface area contributed by atoms with Crippen LogP contribution in [0.4, 0.5) is 0 Å². The molecule has 82 valence electrons. The van der Waals surface area contributed by atoms with E-state index in [2.05, 4.69) is 37.7 Å². The van der Waals surface area contributed by atoms with Crippen molar-refractivity contribution in [1.82, 2.24) is 25.1 Å². The van der Waals surface area contributed by atoms with Crippen molar-refractivity contribution in [2.75, 3.05) is 0 Å². The zero-order valence-electron chi connectivity index (χ0n) is 7.90. The van der Waals surface area contributed by atoms with Gasteiger partial charge < -0.3 is 10.9 Å². The van der Waals surface area contributed by atoms with E-state index in [9.17, 15) is 5.21 Å². The molecule has 2 aliphatic rings. The molecule has 0 aliphatic carbocycles. The van der Waals surface area contributed by atoms with Crippen LogP contribution in [0.3, 0.4) is 0 Å². The molecule has 0 unspecified atom stereocenters. The van der Waals surface area contributed by atoms with Crippen LogP contribution in [-0.2, 0) is 0 Å². The molecule has 2 aliphatic heterocycles. The van der Waals surface area contributed by atoms with Crippen molar-refractivity contribution in [2.45, 2.75) is 0 Å². The molecule has 0 atom stereocenters. The van der Waals surface area contributed by atoms with Crippen molar-refractivity contribution in [3.63, 3.8) is 0 Å². The van der Waals surface area contributed by atoms with Gasteiger partial charge in [-0.25, -0.2) is 15.0 Å². The van der Waals surface area contributed by atoms with Crippen molar-refractivity contribution in [3.05, 3.63) is 18.3 Å². The second kappa shape index (κ2) is 4.06. The van der Waals surface area contributed by atoms with E-state index in [1.807, 2.05) is 0 Å². The number of fused-ring (bicyclic) bond motifs is 1. The van der Waals surface area contributed by atoms with Gasteiger partial charge >= 0.3 is 0 Å². The molecule has 0 radical (unpaired) electrons. The minimum absolute atomic E-state index is 0.0274. The fourth-order valence-corrected chi connectivity index (χ4v) is 1.15. The highest BCUT2D eigenvalue weighted by Crippen LogP contribution is 2.16. The van der Waals surface area contributed by atoms with Gasteiger partial charge in [0.05, 0.1) is 6.21 Å². The Labute approximate surface area is 95.1 Å².